The molecule has 21 heavy (non-hydrogen) atoms. The van der Waals surface area contributed by atoms with Crippen LogP contribution in [0.5, 0.6) is 0 Å². The topological polar surface area (TPSA) is 72.6 Å². The molecule has 0 bridgehead atoms. The van der Waals surface area contributed by atoms with E-state index in [0.717, 1.165) is 6.42 Å². The summed E-state index contributed by atoms with van der Waals surface area (Å²) >= 11 is 0. The molecule has 2 N–H and O–H groups in total. The molecule has 5 heteroatoms. The van der Waals surface area contributed by atoms with Crippen LogP contribution in [-0.2, 0) is 14.3 Å². The van der Waals surface area contributed by atoms with E-state index in [1.807, 2.05) is 25.7 Å². The highest BCUT2D eigenvalue weighted by molar-refractivity contribution is 5.87. The minimum absolute atomic E-state index is 0.0998. The fourth-order valence-electron chi connectivity index (χ4n) is 2.87. The van der Waals surface area contributed by atoms with Crippen molar-refractivity contribution >= 4 is 11.9 Å². The third-order valence-corrected chi connectivity index (χ3v) is 3.95. The molecule has 1 heterocycles. The second-order valence-corrected chi connectivity index (χ2v) is 7.80. The fraction of sp³-hybridized carbons (Fsp3) is 0.875. The number of nitrogens with zero attached hydrogens (tertiary/aromatic N) is 1. The van der Waals surface area contributed by atoms with Crippen LogP contribution in [0, 0.1) is 11.3 Å². The summed E-state index contributed by atoms with van der Waals surface area (Å²) in [7, 11) is 0. The van der Waals surface area contributed by atoms with E-state index in [-0.39, 0.29) is 11.4 Å². The second kappa shape index (κ2) is 6.34. The number of rotatable bonds is 5. The molecule has 1 fully saturated rings. The minimum atomic E-state index is -0.553. The van der Waals surface area contributed by atoms with E-state index >= 15 is 0 Å². The van der Waals surface area contributed by atoms with Gasteiger partial charge in [0.2, 0.25) is 5.91 Å². The lowest BCUT2D eigenvalue weighted by Gasteiger charge is -2.44. The molecule has 1 aliphatic rings. The summed E-state index contributed by atoms with van der Waals surface area (Å²) in [5.74, 6) is -1.24. The lowest BCUT2D eigenvalue weighted by molar-refractivity contribution is -0.182. The first-order chi connectivity index (χ1) is 9.47. The molecule has 0 saturated carbocycles. The number of carbonyl (C=O) groups is 2. The van der Waals surface area contributed by atoms with Crippen LogP contribution in [0.25, 0.3) is 0 Å². The van der Waals surface area contributed by atoms with Gasteiger partial charge in [0.05, 0.1) is 5.92 Å². The highest BCUT2D eigenvalue weighted by Crippen LogP contribution is 2.31. The van der Waals surface area contributed by atoms with Gasteiger partial charge in [-0.2, -0.15) is 0 Å². The van der Waals surface area contributed by atoms with Crippen LogP contribution in [-0.4, -0.2) is 41.5 Å². The summed E-state index contributed by atoms with van der Waals surface area (Å²) in [5.41, 5.74) is 5.15. The number of hydrogen-bond donors (Lipinski definition) is 1. The predicted molar refractivity (Wildman–Crippen MR) is 82.6 cm³/mol. The van der Waals surface area contributed by atoms with E-state index in [1.54, 1.807) is 0 Å². The zero-order valence-corrected chi connectivity index (χ0v) is 14.2. The number of amides is 1. The Kier molecular flexibility index (Phi) is 5.42. The van der Waals surface area contributed by atoms with Crippen molar-refractivity contribution in [3.05, 3.63) is 0 Å². The highest BCUT2D eigenvalue weighted by atomic mass is 16.6. The van der Waals surface area contributed by atoms with Gasteiger partial charge in [-0.3, -0.25) is 14.5 Å². The molecule has 5 nitrogen and oxygen atoms in total. The van der Waals surface area contributed by atoms with E-state index in [2.05, 4.69) is 20.8 Å². The number of esters is 1. The molecule has 0 aliphatic carbocycles. The number of cyclic esters (lactones) is 1. The van der Waals surface area contributed by atoms with Gasteiger partial charge in [-0.25, -0.2) is 0 Å². The zero-order chi connectivity index (χ0) is 16.4. The molecule has 2 atom stereocenters. The number of morpholine rings is 1. The highest BCUT2D eigenvalue weighted by Gasteiger charge is 2.45. The quantitative estimate of drug-likeness (QED) is 0.787. The Hall–Kier alpha value is -1.10. The Labute approximate surface area is 128 Å². The van der Waals surface area contributed by atoms with Crippen molar-refractivity contribution < 1.29 is 14.3 Å². The summed E-state index contributed by atoms with van der Waals surface area (Å²) in [5, 5.41) is 0. The number of primary amides is 1. The Balaban J connectivity index is 2.94. The van der Waals surface area contributed by atoms with Crippen LogP contribution in [0.4, 0.5) is 0 Å². The molecular weight excluding hydrogens is 268 g/mol. The van der Waals surface area contributed by atoms with Gasteiger partial charge in [0.1, 0.15) is 11.6 Å². The maximum Gasteiger partial charge on any atom is 0.324 e. The van der Waals surface area contributed by atoms with Crippen molar-refractivity contribution in [3.63, 3.8) is 0 Å². The molecule has 1 saturated heterocycles. The van der Waals surface area contributed by atoms with Gasteiger partial charge in [-0.1, -0.05) is 27.7 Å². The Morgan fingerprint density at radius 2 is 2.05 bits per heavy atom. The molecule has 122 valence electrons. The van der Waals surface area contributed by atoms with E-state index in [1.165, 1.54) is 0 Å². The number of nitrogens with two attached hydrogens (primary N) is 1. The maximum atomic E-state index is 12.4. The lowest BCUT2D eigenvalue weighted by Crippen LogP contribution is -2.60. The molecule has 0 radical (unpaired) electrons. The SMILES string of the molecule is CCN1CC(C)(C)OC(=O)C1C(CCC(C)(C)C)C(N)=O. The van der Waals surface area contributed by atoms with Gasteiger partial charge in [0.15, 0.2) is 0 Å². The monoisotopic (exact) mass is 298 g/mol. The van der Waals surface area contributed by atoms with Crippen molar-refractivity contribution in [2.45, 2.75) is 66.0 Å². The standard InChI is InChI=1S/C16H30N2O3/c1-7-18-10-16(5,6)21-14(20)12(18)11(13(17)19)8-9-15(2,3)4/h11-12H,7-10H2,1-6H3,(H2,17,19). The average Bonchev–Trinajstić information content (AvgIpc) is 2.28. The maximum absolute atomic E-state index is 12.4. The zero-order valence-electron chi connectivity index (χ0n) is 14.2. The number of likely N-dealkylation sites (N-methyl/N-ethyl adjacent to an activating group) is 1. The average molecular weight is 298 g/mol. The normalized spacial score (nSPS) is 24.5. The summed E-state index contributed by atoms with van der Waals surface area (Å²) in [6.07, 6.45) is 1.45. The molecule has 0 aromatic rings. The van der Waals surface area contributed by atoms with E-state index in [4.69, 9.17) is 10.5 Å². The molecule has 1 aliphatic heterocycles. The van der Waals surface area contributed by atoms with Crippen molar-refractivity contribution in [2.75, 3.05) is 13.1 Å². The molecule has 0 aromatic heterocycles. The molecule has 0 spiro atoms. The lowest BCUT2D eigenvalue weighted by atomic mass is 9.82. The summed E-state index contributed by atoms with van der Waals surface area (Å²) in [6.45, 7) is 13.4. The minimum Gasteiger partial charge on any atom is -0.457 e. The first-order valence-corrected chi connectivity index (χ1v) is 7.73. The molecule has 2 unspecified atom stereocenters. The van der Waals surface area contributed by atoms with E-state index in [0.29, 0.717) is 19.5 Å². The summed E-state index contributed by atoms with van der Waals surface area (Å²) in [6, 6.07) is -0.553. The van der Waals surface area contributed by atoms with Crippen molar-refractivity contribution in [1.29, 1.82) is 0 Å². The van der Waals surface area contributed by atoms with Crippen LogP contribution in [0.1, 0.15) is 54.4 Å². The Bertz CT molecular complexity index is 399. The molecule has 1 rings (SSSR count). The van der Waals surface area contributed by atoms with Gasteiger partial charge >= 0.3 is 5.97 Å². The van der Waals surface area contributed by atoms with Crippen LogP contribution >= 0.6 is 0 Å². The number of ether oxygens (including phenoxy) is 1. The van der Waals surface area contributed by atoms with Crippen molar-refractivity contribution in [2.24, 2.45) is 17.1 Å². The first kappa shape index (κ1) is 18.0. The molecular formula is C16H30N2O3. The molecule has 0 aromatic carbocycles. The van der Waals surface area contributed by atoms with Gasteiger partial charge in [0.25, 0.3) is 0 Å². The van der Waals surface area contributed by atoms with Crippen LogP contribution in [0.3, 0.4) is 0 Å². The predicted octanol–water partition coefficient (Wildman–Crippen LogP) is 1.94. The van der Waals surface area contributed by atoms with Crippen LogP contribution in [0.15, 0.2) is 0 Å². The molecule has 1 amide bonds. The van der Waals surface area contributed by atoms with E-state index < -0.39 is 23.5 Å². The smallest absolute Gasteiger partial charge is 0.324 e. The Morgan fingerprint density at radius 3 is 2.48 bits per heavy atom. The first-order valence-electron chi connectivity index (χ1n) is 7.73. The van der Waals surface area contributed by atoms with Gasteiger partial charge in [-0.05, 0) is 38.6 Å². The largest absolute Gasteiger partial charge is 0.457 e. The van der Waals surface area contributed by atoms with Gasteiger partial charge < -0.3 is 10.5 Å². The van der Waals surface area contributed by atoms with Gasteiger partial charge in [-0.15, -0.1) is 0 Å². The van der Waals surface area contributed by atoms with Crippen LogP contribution < -0.4 is 5.73 Å². The van der Waals surface area contributed by atoms with Crippen molar-refractivity contribution in [1.82, 2.24) is 4.90 Å². The second-order valence-electron chi connectivity index (χ2n) is 7.80. The third-order valence-electron chi connectivity index (χ3n) is 3.95. The summed E-state index contributed by atoms with van der Waals surface area (Å²) in [4.78, 5) is 26.3. The number of hydrogen-bond acceptors (Lipinski definition) is 4. The van der Waals surface area contributed by atoms with Crippen molar-refractivity contribution in [3.8, 4) is 0 Å². The number of carbonyl (C=O) groups excluding carboxylic acids is 2. The van der Waals surface area contributed by atoms with Gasteiger partial charge in [0, 0.05) is 6.54 Å². The third kappa shape index (κ3) is 4.99. The van der Waals surface area contributed by atoms with Crippen LogP contribution in [0.2, 0.25) is 0 Å². The Morgan fingerprint density at radius 1 is 1.48 bits per heavy atom. The fourth-order valence-corrected chi connectivity index (χ4v) is 2.87. The summed E-state index contributed by atoms with van der Waals surface area (Å²) < 4.78 is 5.49. The van der Waals surface area contributed by atoms with E-state index in [9.17, 15) is 9.59 Å².